The summed E-state index contributed by atoms with van der Waals surface area (Å²) in [5, 5.41) is 6.75. The molecule has 1 fully saturated rings. The van der Waals surface area contributed by atoms with Gasteiger partial charge in [0, 0.05) is 35.0 Å². The maximum atomic E-state index is 4.42. The van der Waals surface area contributed by atoms with E-state index in [1.54, 1.807) is 0 Å². The number of hydrogen-bond acceptors (Lipinski definition) is 4. The molecule has 20 heavy (non-hydrogen) atoms. The maximum Gasteiger partial charge on any atom is 0.222 e. The predicted molar refractivity (Wildman–Crippen MR) is 84.7 cm³/mol. The molecule has 0 spiro atoms. The van der Waals surface area contributed by atoms with Crippen LogP contribution in [0.25, 0.3) is 11.1 Å². The second-order valence-electron chi connectivity index (χ2n) is 4.96. The van der Waals surface area contributed by atoms with E-state index in [0.29, 0.717) is 12.0 Å². The van der Waals surface area contributed by atoms with Gasteiger partial charge in [0.2, 0.25) is 5.95 Å². The molecule has 2 aromatic rings. The van der Waals surface area contributed by atoms with Crippen LogP contribution in [-0.4, -0.2) is 29.1 Å². The lowest BCUT2D eigenvalue weighted by atomic mass is 10.1. The van der Waals surface area contributed by atoms with E-state index in [-0.39, 0.29) is 0 Å². The Labute approximate surface area is 127 Å². The Balaban J connectivity index is 1.73. The van der Waals surface area contributed by atoms with Crippen molar-refractivity contribution < 1.29 is 0 Å². The summed E-state index contributed by atoms with van der Waals surface area (Å²) in [7, 11) is 0. The van der Waals surface area contributed by atoms with Crippen molar-refractivity contribution in [1.82, 2.24) is 15.3 Å². The maximum absolute atomic E-state index is 4.42. The summed E-state index contributed by atoms with van der Waals surface area (Å²) in [4.78, 5) is 8.84. The van der Waals surface area contributed by atoms with Crippen LogP contribution in [0.4, 0.5) is 5.95 Å². The van der Waals surface area contributed by atoms with Crippen molar-refractivity contribution in [2.24, 2.45) is 0 Å². The van der Waals surface area contributed by atoms with Crippen LogP contribution < -0.4 is 10.6 Å². The van der Waals surface area contributed by atoms with Crippen LogP contribution in [0.3, 0.4) is 0 Å². The van der Waals surface area contributed by atoms with Gasteiger partial charge in [-0.05, 0) is 31.0 Å². The van der Waals surface area contributed by atoms with Crippen molar-refractivity contribution >= 4 is 21.9 Å². The largest absolute Gasteiger partial charge is 0.350 e. The normalized spacial score (nSPS) is 18.8. The van der Waals surface area contributed by atoms with Crippen molar-refractivity contribution in [3.63, 3.8) is 0 Å². The Morgan fingerprint density at radius 1 is 1.20 bits per heavy atom. The number of piperidine rings is 1. The van der Waals surface area contributed by atoms with Gasteiger partial charge in [0.05, 0.1) is 0 Å². The topological polar surface area (TPSA) is 49.8 Å². The highest BCUT2D eigenvalue weighted by atomic mass is 79.9. The number of benzene rings is 1. The fourth-order valence-electron chi connectivity index (χ4n) is 2.39. The molecule has 1 unspecified atom stereocenters. The third-order valence-corrected chi connectivity index (χ3v) is 4.16. The predicted octanol–water partition coefficient (Wildman–Crippen LogP) is 3.07. The Kier molecular flexibility index (Phi) is 4.28. The standard InChI is InChI=1S/C15H17BrN4/c16-14-6-2-1-5-13(14)11-8-18-15(19-9-11)20-12-4-3-7-17-10-12/h1-2,5-6,8-9,12,17H,3-4,7,10H2,(H,18,19,20). The lowest BCUT2D eigenvalue weighted by Crippen LogP contribution is -2.38. The minimum atomic E-state index is 0.429. The first kappa shape index (κ1) is 13.5. The molecule has 1 aliphatic heterocycles. The minimum Gasteiger partial charge on any atom is -0.350 e. The van der Waals surface area contributed by atoms with E-state index in [9.17, 15) is 0 Å². The first-order valence-corrected chi connectivity index (χ1v) is 7.66. The van der Waals surface area contributed by atoms with Gasteiger partial charge in [0.25, 0.3) is 0 Å². The Bertz CT molecular complexity index is 564. The van der Waals surface area contributed by atoms with E-state index < -0.39 is 0 Å². The third kappa shape index (κ3) is 3.16. The highest BCUT2D eigenvalue weighted by Crippen LogP contribution is 2.27. The second-order valence-corrected chi connectivity index (χ2v) is 5.82. The molecule has 1 atom stereocenters. The summed E-state index contributed by atoms with van der Waals surface area (Å²) >= 11 is 3.55. The number of hydrogen-bond donors (Lipinski definition) is 2. The van der Waals surface area contributed by atoms with E-state index in [4.69, 9.17) is 0 Å². The zero-order valence-corrected chi connectivity index (χ0v) is 12.7. The lowest BCUT2D eigenvalue weighted by molar-refractivity contribution is 0.478. The third-order valence-electron chi connectivity index (χ3n) is 3.47. The quantitative estimate of drug-likeness (QED) is 0.906. The van der Waals surface area contributed by atoms with E-state index >= 15 is 0 Å². The number of nitrogens with one attached hydrogen (secondary N) is 2. The SMILES string of the molecule is Brc1ccccc1-c1cnc(NC2CCCNC2)nc1. The van der Waals surface area contributed by atoms with Crippen molar-refractivity contribution in [2.45, 2.75) is 18.9 Å². The van der Waals surface area contributed by atoms with E-state index in [2.05, 4.69) is 42.6 Å². The molecular formula is C15H17BrN4. The van der Waals surface area contributed by atoms with Crippen LogP contribution in [-0.2, 0) is 0 Å². The zero-order chi connectivity index (χ0) is 13.8. The van der Waals surface area contributed by atoms with Gasteiger partial charge >= 0.3 is 0 Å². The number of rotatable bonds is 3. The summed E-state index contributed by atoms with van der Waals surface area (Å²) < 4.78 is 1.06. The van der Waals surface area contributed by atoms with Crippen LogP contribution in [0.5, 0.6) is 0 Å². The molecule has 4 nitrogen and oxygen atoms in total. The molecule has 0 amide bonds. The lowest BCUT2D eigenvalue weighted by Gasteiger charge is -2.23. The average molecular weight is 333 g/mol. The molecule has 0 aliphatic carbocycles. The van der Waals surface area contributed by atoms with Crippen molar-refractivity contribution in [2.75, 3.05) is 18.4 Å². The van der Waals surface area contributed by atoms with Gasteiger partial charge in [-0.15, -0.1) is 0 Å². The Morgan fingerprint density at radius 2 is 2.00 bits per heavy atom. The summed E-state index contributed by atoms with van der Waals surface area (Å²) in [6, 6.07) is 8.52. The fourth-order valence-corrected chi connectivity index (χ4v) is 2.91. The molecule has 1 aromatic carbocycles. The van der Waals surface area contributed by atoms with E-state index in [0.717, 1.165) is 28.7 Å². The second kappa shape index (κ2) is 6.33. The van der Waals surface area contributed by atoms with Gasteiger partial charge in [-0.1, -0.05) is 34.1 Å². The van der Waals surface area contributed by atoms with E-state index in [1.807, 2.05) is 30.6 Å². The first-order chi connectivity index (χ1) is 9.83. The first-order valence-electron chi connectivity index (χ1n) is 6.87. The van der Waals surface area contributed by atoms with Crippen LogP contribution in [0.2, 0.25) is 0 Å². The number of aromatic nitrogens is 2. The summed E-state index contributed by atoms with van der Waals surface area (Å²) in [6.07, 6.45) is 6.10. The molecule has 3 rings (SSSR count). The van der Waals surface area contributed by atoms with E-state index in [1.165, 1.54) is 12.8 Å². The molecule has 104 valence electrons. The number of halogens is 1. The molecule has 0 bridgehead atoms. The zero-order valence-electron chi connectivity index (χ0n) is 11.1. The van der Waals surface area contributed by atoms with Crippen LogP contribution in [0, 0.1) is 0 Å². The van der Waals surface area contributed by atoms with Crippen LogP contribution >= 0.6 is 15.9 Å². The van der Waals surface area contributed by atoms with Gasteiger partial charge in [-0.2, -0.15) is 0 Å². The summed E-state index contributed by atoms with van der Waals surface area (Å²) in [5.41, 5.74) is 2.13. The minimum absolute atomic E-state index is 0.429. The smallest absolute Gasteiger partial charge is 0.222 e. The van der Waals surface area contributed by atoms with Gasteiger partial charge in [-0.25, -0.2) is 9.97 Å². The molecular weight excluding hydrogens is 316 g/mol. The highest BCUT2D eigenvalue weighted by Gasteiger charge is 2.13. The molecule has 1 saturated heterocycles. The fraction of sp³-hybridized carbons (Fsp3) is 0.333. The van der Waals surface area contributed by atoms with Gasteiger partial charge < -0.3 is 10.6 Å². The number of nitrogens with zero attached hydrogens (tertiary/aromatic N) is 2. The van der Waals surface area contributed by atoms with Crippen molar-refractivity contribution in [1.29, 1.82) is 0 Å². The Morgan fingerprint density at radius 3 is 2.70 bits per heavy atom. The van der Waals surface area contributed by atoms with Crippen molar-refractivity contribution in [3.8, 4) is 11.1 Å². The molecule has 1 aliphatic rings. The summed E-state index contributed by atoms with van der Waals surface area (Å²) in [5.74, 6) is 0.703. The summed E-state index contributed by atoms with van der Waals surface area (Å²) in [6.45, 7) is 2.09. The molecule has 2 N–H and O–H groups in total. The molecule has 1 aromatic heterocycles. The van der Waals surface area contributed by atoms with Gasteiger partial charge in [0.15, 0.2) is 0 Å². The molecule has 5 heteroatoms. The average Bonchev–Trinajstić information content (AvgIpc) is 2.50. The van der Waals surface area contributed by atoms with Crippen LogP contribution in [0.15, 0.2) is 41.1 Å². The monoisotopic (exact) mass is 332 g/mol. The van der Waals surface area contributed by atoms with Crippen molar-refractivity contribution in [3.05, 3.63) is 41.1 Å². The van der Waals surface area contributed by atoms with Gasteiger partial charge in [-0.3, -0.25) is 0 Å². The van der Waals surface area contributed by atoms with Gasteiger partial charge in [0.1, 0.15) is 0 Å². The molecule has 0 radical (unpaired) electrons. The van der Waals surface area contributed by atoms with Crippen LogP contribution in [0.1, 0.15) is 12.8 Å². The highest BCUT2D eigenvalue weighted by molar-refractivity contribution is 9.10. The number of anilines is 1. The Hall–Kier alpha value is -1.46. The molecule has 2 heterocycles. The molecule has 0 saturated carbocycles.